The van der Waals surface area contributed by atoms with Crippen LogP contribution >= 0.6 is 0 Å². The summed E-state index contributed by atoms with van der Waals surface area (Å²) >= 11 is 0. The molecule has 7 nitrogen and oxygen atoms in total. The van der Waals surface area contributed by atoms with Crippen molar-refractivity contribution in [1.82, 2.24) is 9.78 Å². The molecule has 0 aliphatic rings. The van der Waals surface area contributed by atoms with E-state index in [1.54, 1.807) is 36.4 Å². The molecule has 0 saturated carbocycles. The molecule has 2 N–H and O–H groups in total. The van der Waals surface area contributed by atoms with Crippen molar-refractivity contribution in [3.8, 4) is 33.8 Å². The van der Waals surface area contributed by atoms with E-state index in [9.17, 15) is 13.2 Å². The lowest BCUT2D eigenvalue weighted by molar-refractivity contribution is 0.414. The average molecular weight is 526 g/mol. The Labute approximate surface area is 221 Å². The molecule has 0 atom stereocenters. The highest BCUT2D eigenvalue weighted by Gasteiger charge is 2.20. The fourth-order valence-corrected chi connectivity index (χ4v) is 5.32. The molecule has 38 heavy (non-hydrogen) atoms. The van der Waals surface area contributed by atoms with E-state index in [-0.39, 0.29) is 10.5 Å². The minimum absolute atomic E-state index is 0.121. The molecular weight excluding hydrogens is 498 g/mol. The fraction of sp³-hybridized carbons (Fsp3) is 0.100. The summed E-state index contributed by atoms with van der Waals surface area (Å²) in [4.78, 5) is 13.8. The number of aromatic nitrogens is 2. The van der Waals surface area contributed by atoms with Gasteiger partial charge in [-0.3, -0.25) is 14.6 Å². The van der Waals surface area contributed by atoms with Gasteiger partial charge in [-0.1, -0.05) is 53.6 Å². The molecule has 4 aromatic carbocycles. The van der Waals surface area contributed by atoms with Crippen LogP contribution < -0.4 is 15.0 Å². The van der Waals surface area contributed by atoms with Crippen molar-refractivity contribution in [1.29, 1.82) is 0 Å². The summed E-state index contributed by atoms with van der Waals surface area (Å²) < 4.78 is 34.9. The topological polar surface area (TPSA) is 93.2 Å². The Morgan fingerprint density at radius 3 is 2.11 bits per heavy atom. The minimum Gasteiger partial charge on any atom is -0.497 e. The standard InChI is InChI=1S/C30H27N3O4S/c1-20-7-13-25(14-8-20)33-30(34)28(29(31-33)23-6-4-5-21(2)19-23)22-9-11-24(12-10-22)32-38(35,36)27-17-15-26(37-3)16-18-27/h4-19,31-32H,1-3H3. The van der Waals surface area contributed by atoms with Crippen LogP contribution in [-0.2, 0) is 10.0 Å². The van der Waals surface area contributed by atoms with E-state index in [2.05, 4.69) is 9.82 Å². The number of anilines is 1. The molecule has 0 saturated heterocycles. The maximum Gasteiger partial charge on any atom is 0.279 e. The number of nitrogens with zero attached hydrogens (tertiary/aromatic N) is 1. The quantitative estimate of drug-likeness (QED) is 0.276. The van der Waals surface area contributed by atoms with Crippen molar-refractivity contribution >= 4 is 15.7 Å². The van der Waals surface area contributed by atoms with Gasteiger partial charge in [-0.2, -0.15) is 0 Å². The predicted molar refractivity (Wildman–Crippen MR) is 151 cm³/mol. The number of nitrogens with one attached hydrogen (secondary N) is 2. The Morgan fingerprint density at radius 2 is 1.47 bits per heavy atom. The van der Waals surface area contributed by atoms with Crippen LogP contribution in [-0.4, -0.2) is 25.3 Å². The molecule has 0 amide bonds. The Hall–Kier alpha value is -4.56. The highest BCUT2D eigenvalue weighted by Crippen LogP contribution is 2.31. The predicted octanol–water partition coefficient (Wildman–Crippen LogP) is 5.93. The first-order valence-electron chi connectivity index (χ1n) is 12.0. The number of ether oxygens (including phenoxy) is 1. The van der Waals surface area contributed by atoms with Crippen molar-refractivity contribution in [3.63, 3.8) is 0 Å². The van der Waals surface area contributed by atoms with E-state index >= 15 is 0 Å². The SMILES string of the molecule is COc1ccc(S(=O)(=O)Nc2ccc(-c3c(-c4cccc(C)c4)[nH]n(-c4ccc(C)cc4)c3=O)cc2)cc1. The van der Waals surface area contributed by atoms with Gasteiger partial charge in [0.1, 0.15) is 5.75 Å². The third-order valence-corrected chi connectivity index (χ3v) is 7.68. The zero-order valence-electron chi connectivity index (χ0n) is 21.2. The fourth-order valence-electron chi connectivity index (χ4n) is 4.26. The van der Waals surface area contributed by atoms with Gasteiger partial charge >= 0.3 is 0 Å². The number of hydrogen-bond acceptors (Lipinski definition) is 4. The van der Waals surface area contributed by atoms with Crippen molar-refractivity contribution in [2.45, 2.75) is 18.7 Å². The van der Waals surface area contributed by atoms with Gasteiger partial charge in [0.25, 0.3) is 15.6 Å². The second-order valence-corrected chi connectivity index (χ2v) is 10.7. The summed E-state index contributed by atoms with van der Waals surface area (Å²) in [6.07, 6.45) is 0. The molecule has 1 heterocycles. The van der Waals surface area contributed by atoms with E-state index in [1.807, 2.05) is 62.4 Å². The van der Waals surface area contributed by atoms with Gasteiger partial charge in [0.05, 0.1) is 29.0 Å². The van der Waals surface area contributed by atoms with Gasteiger partial charge in [0.15, 0.2) is 0 Å². The number of methoxy groups -OCH3 is 1. The van der Waals surface area contributed by atoms with Crippen LogP contribution in [0.3, 0.4) is 0 Å². The van der Waals surface area contributed by atoms with Crippen LogP contribution in [0.2, 0.25) is 0 Å². The smallest absolute Gasteiger partial charge is 0.279 e. The molecular formula is C30H27N3O4S. The first-order valence-corrected chi connectivity index (χ1v) is 13.5. The number of rotatable bonds is 7. The number of aromatic amines is 1. The van der Waals surface area contributed by atoms with E-state index in [1.165, 1.54) is 23.9 Å². The normalized spacial score (nSPS) is 11.3. The van der Waals surface area contributed by atoms with Gasteiger partial charge in [-0.25, -0.2) is 13.1 Å². The number of benzene rings is 4. The van der Waals surface area contributed by atoms with Crippen LogP contribution in [0, 0.1) is 13.8 Å². The lowest BCUT2D eigenvalue weighted by Crippen LogP contribution is -2.15. The summed E-state index contributed by atoms with van der Waals surface area (Å²) in [5.74, 6) is 0.570. The minimum atomic E-state index is -3.79. The number of hydrogen-bond donors (Lipinski definition) is 2. The molecule has 0 unspecified atom stereocenters. The Morgan fingerprint density at radius 1 is 0.789 bits per heavy atom. The molecule has 0 aliphatic carbocycles. The van der Waals surface area contributed by atoms with Gasteiger partial charge in [0.2, 0.25) is 0 Å². The summed E-state index contributed by atoms with van der Waals surface area (Å²) in [5.41, 5.74) is 5.82. The molecule has 0 aliphatic heterocycles. The molecule has 5 aromatic rings. The van der Waals surface area contributed by atoms with Crippen LogP contribution in [0.15, 0.2) is 107 Å². The average Bonchev–Trinajstić information content (AvgIpc) is 3.26. The lowest BCUT2D eigenvalue weighted by atomic mass is 10.0. The number of sulfonamides is 1. The monoisotopic (exact) mass is 525 g/mol. The Balaban J connectivity index is 1.54. The number of H-pyrrole nitrogens is 1. The summed E-state index contributed by atoms with van der Waals surface area (Å²) in [7, 11) is -2.27. The van der Waals surface area contributed by atoms with E-state index < -0.39 is 10.0 Å². The first-order chi connectivity index (χ1) is 18.2. The third kappa shape index (κ3) is 4.99. The molecule has 0 radical (unpaired) electrons. The van der Waals surface area contributed by atoms with Gasteiger partial charge < -0.3 is 4.74 Å². The second-order valence-electron chi connectivity index (χ2n) is 9.07. The highest BCUT2D eigenvalue weighted by molar-refractivity contribution is 7.92. The molecule has 0 spiro atoms. The summed E-state index contributed by atoms with van der Waals surface area (Å²) in [5, 5.41) is 3.29. The maximum absolute atomic E-state index is 13.7. The summed E-state index contributed by atoms with van der Waals surface area (Å²) in [6, 6.07) is 28.6. The molecule has 192 valence electrons. The zero-order valence-corrected chi connectivity index (χ0v) is 22.0. The first kappa shape index (κ1) is 25.1. The largest absolute Gasteiger partial charge is 0.497 e. The van der Waals surface area contributed by atoms with Gasteiger partial charge in [-0.15, -0.1) is 0 Å². The van der Waals surface area contributed by atoms with Gasteiger partial charge in [-0.05, 0) is 74.0 Å². The van der Waals surface area contributed by atoms with Crippen LogP contribution in [0.1, 0.15) is 11.1 Å². The molecule has 0 fully saturated rings. The van der Waals surface area contributed by atoms with Crippen molar-refractivity contribution < 1.29 is 13.2 Å². The van der Waals surface area contributed by atoms with Crippen LogP contribution in [0.5, 0.6) is 5.75 Å². The third-order valence-electron chi connectivity index (χ3n) is 6.29. The number of aryl methyl sites for hydroxylation is 2. The second kappa shape index (κ2) is 10.1. The molecule has 5 rings (SSSR count). The molecule has 0 bridgehead atoms. The van der Waals surface area contributed by atoms with Gasteiger partial charge in [0, 0.05) is 11.3 Å². The Bertz CT molecular complexity index is 1750. The molecule has 1 aromatic heterocycles. The van der Waals surface area contributed by atoms with E-state index in [0.717, 1.165) is 22.4 Å². The van der Waals surface area contributed by atoms with E-state index in [0.29, 0.717) is 28.3 Å². The van der Waals surface area contributed by atoms with Crippen LogP contribution in [0.4, 0.5) is 5.69 Å². The Kier molecular flexibility index (Phi) is 6.65. The van der Waals surface area contributed by atoms with E-state index in [4.69, 9.17) is 4.74 Å². The van der Waals surface area contributed by atoms with Crippen molar-refractivity contribution in [2.24, 2.45) is 0 Å². The lowest BCUT2D eigenvalue weighted by Gasteiger charge is -2.10. The van der Waals surface area contributed by atoms with Crippen molar-refractivity contribution in [2.75, 3.05) is 11.8 Å². The maximum atomic E-state index is 13.7. The molecule has 8 heteroatoms. The highest BCUT2D eigenvalue weighted by atomic mass is 32.2. The van der Waals surface area contributed by atoms with Crippen molar-refractivity contribution in [3.05, 3.63) is 119 Å². The zero-order chi connectivity index (χ0) is 26.9. The van der Waals surface area contributed by atoms with Crippen LogP contribution in [0.25, 0.3) is 28.1 Å². The summed E-state index contributed by atoms with van der Waals surface area (Å²) in [6.45, 7) is 4.00.